The fourth-order valence-electron chi connectivity index (χ4n) is 4.13. The molecule has 30 heavy (non-hydrogen) atoms. The Hall–Kier alpha value is -3.16. The number of nitrogens with zero attached hydrogens (tertiary/aromatic N) is 3. The van der Waals surface area contributed by atoms with Crippen molar-refractivity contribution >= 4 is 23.6 Å². The molecular weight excluding hydrogens is 380 g/mol. The Morgan fingerprint density at radius 3 is 2.33 bits per heavy atom. The van der Waals surface area contributed by atoms with E-state index in [1.54, 1.807) is 42.7 Å². The molecule has 2 aromatic rings. The predicted octanol–water partition coefficient (Wildman–Crippen LogP) is 2.94. The molecule has 1 aromatic heterocycles. The van der Waals surface area contributed by atoms with Crippen molar-refractivity contribution in [1.82, 2.24) is 20.6 Å². The molecule has 8 heteroatoms. The quantitative estimate of drug-likeness (QED) is 0.706. The number of urea groups is 1. The number of carbonyl (C=O) groups excluding carboxylic acids is 2. The van der Waals surface area contributed by atoms with Gasteiger partial charge in [-0.2, -0.15) is 0 Å². The molecule has 2 aliphatic rings. The summed E-state index contributed by atoms with van der Waals surface area (Å²) in [5, 5.41) is 8.95. The zero-order valence-corrected chi connectivity index (χ0v) is 17.0. The van der Waals surface area contributed by atoms with Crippen LogP contribution in [0, 0.1) is 0 Å². The first kappa shape index (κ1) is 20.1. The average Bonchev–Trinajstić information content (AvgIpc) is 3.28. The summed E-state index contributed by atoms with van der Waals surface area (Å²) < 4.78 is 0. The molecule has 1 saturated heterocycles. The fourth-order valence-corrected chi connectivity index (χ4v) is 4.13. The van der Waals surface area contributed by atoms with E-state index in [-0.39, 0.29) is 24.0 Å². The van der Waals surface area contributed by atoms with Gasteiger partial charge in [0.15, 0.2) is 0 Å². The summed E-state index contributed by atoms with van der Waals surface area (Å²) in [5.74, 6) is 0.638. The molecule has 8 nitrogen and oxygen atoms in total. The van der Waals surface area contributed by atoms with Gasteiger partial charge in [-0.25, -0.2) is 14.8 Å². The molecule has 0 spiro atoms. The van der Waals surface area contributed by atoms with Gasteiger partial charge in [-0.3, -0.25) is 4.79 Å². The van der Waals surface area contributed by atoms with Crippen molar-refractivity contribution in [2.24, 2.45) is 0 Å². The first-order chi connectivity index (χ1) is 14.7. The van der Waals surface area contributed by atoms with Gasteiger partial charge in [0.2, 0.25) is 5.95 Å². The Bertz CT molecular complexity index is 852. The second kappa shape index (κ2) is 9.56. The lowest BCUT2D eigenvalue weighted by Gasteiger charge is -2.33. The highest BCUT2D eigenvalue weighted by Gasteiger charge is 2.23. The van der Waals surface area contributed by atoms with Crippen LogP contribution in [-0.2, 0) is 0 Å². The van der Waals surface area contributed by atoms with E-state index in [2.05, 4.69) is 30.8 Å². The van der Waals surface area contributed by atoms with Crippen molar-refractivity contribution in [3.8, 4) is 0 Å². The van der Waals surface area contributed by atoms with Gasteiger partial charge in [0.1, 0.15) is 0 Å². The lowest BCUT2D eigenvalue weighted by molar-refractivity contribution is 0.0938. The van der Waals surface area contributed by atoms with Crippen LogP contribution in [0.3, 0.4) is 0 Å². The summed E-state index contributed by atoms with van der Waals surface area (Å²) in [6.07, 6.45) is 9.81. The normalized spacial score (nSPS) is 19.3. The lowest BCUT2D eigenvalue weighted by atomic mass is 10.1. The van der Waals surface area contributed by atoms with Crippen LogP contribution >= 0.6 is 0 Å². The number of amides is 3. The van der Waals surface area contributed by atoms with Gasteiger partial charge in [0, 0.05) is 48.8 Å². The fraction of sp³-hybridized carbons (Fsp3) is 0.455. The molecule has 2 heterocycles. The predicted molar refractivity (Wildman–Crippen MR) is 116 cm³/mol. The number of hydrogen-bond acceptors (Lipinski definition) is 5. The highest BCUT2D eigenvalue weighted by atomic mass is 16.2. The molecule has 3 amide bonds. The Morgan fingerprint density at radius 2 is 1.60 bits per heavy atom. The highest BCUT2D eigenvalue weighted by Crippen LogP contribution is 2.19. The molecule has 1 aliphatic carbocycles. The number of piperidine rings is 1. The molecule has 3 N–H and O–H groups in total. The number of hydrogen-bond donors (Lipinski definition) is 3. The third-order valence-electron chi connectivity index (χ3n) is 5.69. The summed E-state index contributed by atoms with van der Waals surface area (Å²) in [5.41, 5.74) is 1.27. The monoisotopic (exact) mass is 408 g/mol. The Balaban J connectivity index is 1.27. The first-order valence-corrected chi connectivity index (χ1v) is 10.7. The number of anilines is 2. The largest absolute Gasteiger partial charge is 0.349 e. The minimum atomic E-state index is -0.251. The van der Waals surface area contributed by atoms with Crippen LogP contribution in [0.25, 0.3) is 0 Å². The average molecular weight is 409 g/mol. The van der Waals surface area contributed by atoms with Crippen molar-refractivity contribution in [2.75, 3.05) is 23.3 Å². The van der Waals surface area contributed by atoms with Gasteiger partial charge in [-0.05, 0) is 56.0 Å². The maximum Gasteiger partial charge on any atom is 0.319 e. The van der Waals surface area contributed by atoms with E-state index in [1.165, 1.54) is 12.8 Å². The van der Waals surface area contributed by atoms with E-state index in [4.69, 9.17) is 0 Å². The van der Waals surface area contributed by atoms with E-state index in [1.807, 2.05) is 0 Å². The van der Waals surface area contributed by atoms with Gasteiger partial charge in [0.25, 0.3) is 5.91 Å². The van der Waals surface area contributed by atoms with Crippen LogP contribution < -0.4 is 20.9 Å². The lowest BCUT2D eigenvalue weighted by Crippen LogP contribution is -2.49. The maximum absolute atomic E-state index is 12.4. The first-order valence-electron chi connectivity index (χ1n) is 10.7. The van der Waals surface area contributed by atoms with E-state index in [9.17, 15) is 9.59 Å². The molecule has 0 bridgehead atoms. The number of rotatable bonds is 5. The van der Waals surface area contributed by atoms with E-state index in [0.717, 1.165) is 32.2 Å². The van der Waals surface area contributed by atoms with Crippen molar-refractivity contribution in [1.29, 1.82) is 0 Å². The molecule has 1 saturated carbocycles. The molecular formula is C22H28N6O2. The highest BCUT2D eigenvalue weighted by molar-refractivity contribution is 5.95. The van der Waals surface area contributed by atoms with Crippen LogP contribution in [-0.4, -0.2) is 47.1 Å². The van der Waals surface area contributed by atoms with Crippen molar-refractivity contribution < 1.29 is 9.59 Å². The van der Waals surface area contributed by atoms with E-state index < -0.39 is 0 Å². The van der Waals surface area contributed by atoms with Crippen LogP contribution in [0.1, 0.15) is 48.9 Å². The number of benzene rings is 1. The minimum Gasteiger partial charge on any atom is -0.349 e. The SMILES string of the molecule is O=C(Nc1ccc(C(=O)NC2CCCC2)cc1)NC1CCCN(c2ncccn2)C1. The summed E-state index contributed by atoms with van der Waals surface area (Å²) in [4.78, 5) is 35.4. The van der Waals surface area contributed by atoms with Crippen LogP contribution in [0.15, 0.2) is 42.7 Å². The van der Waals surface area contributed by atoms with Crippen LogP contribution in [0.2, 0.25) is 0 Å². The summed E-state index contributed by atoms with van der Waals surface area (Å²) in [7, 11) is 0. The smallest absolute Gasteiger partial charge is 0.319 e. The van der Waals surface area contributed by atoms with Crippen molar-refractivity contribution in [3.63, 3.8) is 0 Å². The van der Waals surface area contributed by atoms with Crippen LogP contribution in [0.4, 0.5) is 16.4 Å². The standard InChI is InChI=1S/C22H28N6O2/c29-20(25-17-5-1-2-6-17)16-8-10-18(11-9-16)26-22(30)27-19-7-3-14-28(15-19)21-23-12-4-13-24-21/h4,8-13,17,19H,1-3,5-7,14-15H2,(H,25,29)(H2,26,27,30). The van der Waals surface area contributed by atoms with Gasteiger partial charge in [-0.1, -0.05) is 12.8 Å². The Labute approximate surface area is 176 Å². The van der Waals surface area contributed by atoms with Gasteiger partial charge in [0.05, 0.1) is 0 Å². The summed E-state index contributed by atoms with van der Waals surface area (Å²) in [6, 6.07) is 8.86. The summed E-state index contributed by atoms with van der Waals surface area (Å²) >= 11 is 0. The molecule has 1 aromatic carbocycles. The molecule has 1 atom stereocenters. The zero-order valence-electron chi connectivity index (χ0n) is 17.0. The maximum atomic E-state index is 12.4. The minimum absolute atomic E-state index is 0.0269. The van der Waals surface area contributed by atoms with Crippen molar-refractivity contribution in [3.05, 3.63) is 48.3 Å². The van der Waals surface area contributed by atoms with E-state index in [0.29, 0.717) is 23.7 Å². The number of aromatic nitrogens is 2. The van der Waals surface area contributed by atoms with Gasteiger partial charge >= 0.3 is 6.03 Å². The van der Waals surface area contributed by atoms with Gasteiger partial charge < -0.3 is 20.9 Å². The van der Waals surface area contributed by atoms with Crippen LogP contribution in [0.5, 0.6) is 0 Å². The second-order valence-corrected chi connectivity index (χ2v) is 7.96. The Morgan fingerprint density at radius 1 is 0.900 bits per heavy atom. The molecule has 1 aliphatic heterocycles. The van der Waals surface area contributed by atoms with Crippen molar-refractivity contribution in [2.45, 2.75) is 50.6 Å². The summed E-state index contributed by atoms with van der Waals surface area (Å²) in [6.45, 7) is 1.56. The number of carbonyl (C=O) groups is 2. The third-order valence-corrected chi connectivity index (χ3v) is 5.69. The van der Waals surface area contributed by atoms with Gasteiger partial charge in [-0.15, -0.1) is 0 Å². The molecule has 1 unspecified atom stereocenters. The number of nitrogens with one attached hydrogen (secondary N) is 3. The molecule has 2 fully saturated rings. The third kappa shape index (κ3) is 5.25. The molecule has 0 radical (unpaired) electrons. The molecule has 4 rings (SSSR count). The Kier molecular flexibility index (Phi) is 6.41. The zero-order chi connectivity index (χ0) is 20.8. The topological polar surface area (TPSA) is 99.2 Å². The second-order valence-electron chi connectivity index (χ2n) is 7.96. The van der Waals surface area contributed by atoms with E-state index >= 15 is 0 Å². The molecule has 158 valence electrons.